The lowest BCUT2D eigenvalue weighted by atomic mass is 9.94. The molecule has 1 aliphatic rings. The van der Waals surface area contributed by atoms with E-state index in [0.717, 1.165) is 31.8 Å². The predicted molar refractivity (Wildman–Crippen MR) is 94.8 cm³/mol. The van der Waals surface area contributed by atoms with Gasteiger partial charge >= 0.3 is 0 Å². The number of nitrogens with zero attached hydrogens (tertiary/aromatic N) is 1. The highest BCUT2D eigenvalue weighted by atomic mass is 35.5. The van der Waals surface area contributed by atoms with Gasteiger partial charge in [0, 0.05) is 19.1 Å². The van der Waals surface area contributed by atoms with E-state index in [1.807, 2.05) is 6.07 Å². The summed E-state index contributed by atoms with van der Waals surface area (Å²) in [4.78, 5) is 2.51. The molecular weight excluding hydrogens is 296 g/mol. The van der Waals surface area contributed by atoms with E-state index in [9.17, 15) is 0 Å². The quantitative estimate of drug-likeness (QED) is 0.941. The molecule has 3 rings (SSSR count). The number of benzene rings is 2. The summed E-state index contributed by atoms with van der Waals surface area (Å²) in [5.74, 6) is 1.50. The van der Waals surface area contributed by atoms with Gasteiger partial charge in [0.15, 0.2) is 0 Å². The van der Waals surface area contributed by atoms with E-state index in [-0.39, 0.29) is 12.4 Å². The van der Waals surface area contributed by atoms with Gasteiger partial charge in [-0.2, -0.15) is 0 Å². The molecule has 2 unspecified atom stereocenters. The van der Waals surface area contributed by atoms with Crippen LogP contribution in [0.4, 0.5) is 0 Å². The zero-order chi connectivity index (χ0) is 14.8. The second-order valence-electron chi connectivity index (χ2n) is 6.21. The molecule has 0 amide bonds. The minimum Gasteiger partial charge on any atom is -0.497 e. The van der Waals surface area contributed by atoms with Crippen molar-refractivity contribution in [2.45, 2.75) is 25.9 Å². The van der Waals surface area contributed by atoms with Gasteiger partial charge < -0.3 is 10.5 Å². The van der Waals surface area contributed by atoms with Crippen LogP contribution >= 0.6 is 12.4 Å². The number of likely N-dealkylation sites (tertiary alicyclic amines) is 1. The molecule has 120 valence electrons. The molecule has 2 N–H and O–H groups in total. The van der Waals surface area contributed by atoms with Crippen LogP contribution in [-0.4, -0.2) is 31.1 Å². The highest BCUT2D eigenvalue weighted by molar-refractivity contribution is 5.85. The van der Waals surface area contributed by atoms with E-state index in [4.69, 9.17) is 10.5 Å². The second kappa shape index (κ2) is 7.32. The predicted octanol–water partition coefficient (Wildman–Crippen LogP) is 3.44. The molecule has 2 aromatic rings. The SMILES string of the molecule is COc1ccc2cc(CN3CCC(N)C(C)C3)ccc2c1.Cl. The number of hydrogen-bond donors (Lipinski definition) is 1. The second-order valence-corrected chi connectivity index (χ2v) is 6.21. The van der Waals surface area contributed by atoms with E-state index in [1.165, 1.54) is 16.3 Å². The van der Waals surface area contributed by atoms with Gasteiger partial charge in [0.2, 0.25) is 0 Å². The molecule has 0 aliphatic carbocycles. The fourth-order valence-corrected chi connectivity index (χ4v) is 3.15. The highest BCUT2D eigenvalue weighted by Gasteiger charge is 2.22. The van der Waals surface area contributed by atoms with Gasteiger partial charge in [0.25, 0.3) is 0 Å². The van der Waals surface area contributed by atoms with Crippen molar-refractivity contribution in [2.24, 2.45) is 11.7 Å². The molecule has 1 heterocycles. The van der Waals surface area contributed by atoms with Gasteiger partial charge in [-0.15, -0.1) is 12.4 Å². The summed E-state index contributed by atoms with van der Waals surface area (Å²) in [5, 5.41) is 2.50. The summed E-state index contributed by atoms with van der Waals surface area (Å²) in [6.07, 6.45) is 1.10. The Hall–Kier alpha value is -1.29. The van der Waals surface area contributed by atoms with Crippen LogP contribution in [0.25, 0.3) is 10.8 Å². The maximum Gasteiger partial charge on any atom is 0.119 e. The summed E-state index contributed by atoms with van der Waals surface area (Å²) >= 11 is 0. The van der Waals surface area contributed by atoms with Crippen LogP contribution in [0.1, 0.15) is 18.9 Å². The molecule has 1 saturated heterocycles. The van der Waals surface area contributed by atoms with E-state index in [0.29, 0.717) is 12.0 Å². The van der Waals surface area contributed by atoms with E-state index in [1.54, 1.807) is 7.11 Å². The first-order valence-corrected chi connectivity index (χ1v) is 7.70. The van der Waals surface area contributed by atoms with Crippen LogP contribution in [0.3, 0.4) is 0 Å². The molecule has 0 spiro atoms. The Kier molecular flexibility index (Phi) is 5.68. The molecule has 1 fully saturated rings. The van der Waals surface area contributed by atoms with Crippen molar-refractivity contribution in [3.63, 3.8) is 0 Å². The molecule has 22 heavy (non-hydrogen) atoms. The van der Waals surface area contributed by atoms with Crippen LogP contribution < -0.4 is 10.5 Å². The molecule has 3 nitrogen and oxygen atoms in total. The molecular formula is C18H25ClN2O. The van der Waals surface area contributed by atoms with Crippen molar-refractivity contribution in [2.75, 3.05) is 20.2 Å². The third-order valence-electron chi connectivity index (χ3n) is 4.57. The monoisotopic (exact) mass is 320 g/mol. The summed E-state index contributed by atoms with van der Waals surface area (Å²) in [6, 6.07) is 13.3. The third kappa shape index (κ3) is 3.72. The lowest BCUT2D eigenvalue weighted by Crippen LogP contribution is -2.45. The Bertz CT molecular complexity index is 632. The Labute approximate surface area is 138 Å². The molecule has 0 saturated carbocycles. The average Bonchev–Trinajstić information content (AvgIpc) is 2.50. The van der Waals surface area contributed by atoms with Crippen LogP contribution in [-0.2, 0) is 6.54 Å². The van der Waals surface area contributed by atoms with Gasteiger partial charge in [0.05, 0.1) is 7.11 Å². The summed E-state index contributed by atoms with van der Waals surface area (Å²) in [7, 11) is 1.71. The molecule has 0 aromatic heterocycles. The zero-order valence-corrected chi connectivity index (χ0v) is 14.1. The van der Waals surface area contributed by atoms with Crippen LogP contribution in [0, 0.1) is 5.92 Å². The van der Waals surface area contributed by atoms with Crippen LogP contribution in [0.15, 0.2) is 36.4 Å². The lowest BCUT2D eigenvalue weighted by Gasteiger charge is -2.35. The van der Waals surface area contributed by atoms with E-state index in [2.05, 4.69) is 42.2 Å². The Morgan fingerprint density at radius 2 is 1.91 bits per heavy atom. The minimum atomic E-state index is 0. The first-order chi connectivity index (χ1) is 10.2. The summed E-state index contributed by atoms with van der Waals surface area (Å²) in [5.41, 5.74) is 7.47. The number of fused-ring (bicyclic) bond motifs is 1. The Morgan fingerprint density at radius 3 is 2.64 bits per heavy atom. The van der Waals surface area contributed by atoms with Crippen molar-refractivity contribution in [3.05, 3.63) is 42.0 Å². The van der Waals surface area contributed by atoms with Gasteiger partial charge in [-0.1, -0.05) is 25.1 Å². The van der Waals surface area contributed by atoms with E-state index < -0.39 is 0 Å². The van der Waals surface area contributed by atoms with Gasteiger partial charge in [-0.25, -0.2) is 0 Å². The first-order valence-electron chi connectivity index (χ1n) is 7.70. The van der Waals surface area contributed by atoms with Crippen molar-refractivity contribution in [3.8, 4) is 5.75 Å². The standard InChI is InChI=1S/C18H24N2O.ClH/c1-13-11-20(8-7-18(13)19)12-14-3-4-16-10-17(21-2)6-5-15(16)9-14;/h3-6,9-10,13,18H,7-8,11-12,19H2,1-2H3;1H. The average molecular weight is 321 g/mol. The van der Waals surface area contributed by atoms with Gasteiger partial charge in [-0.05, 0) is 53.4 Å². The topological polar surface area (TPSA) is 38.5 Å². The molecule has 0 radical (unpaired) electrons. The van der Waals surface area contributed by atoms with Crippen LogP contribution in [0.5, 0.6) is 5.75 Å². The molecule has 2 atom stereocenters. The first kappa shape index (κ1) is 17.1. The lowest BCUT2D eigenvalue weighted by molar-refractivity contribution is 0.158. The van der Waals surface area contributed by atoms with Gasteiger partial charge in [0.1, 0.15) is 5.75 Å². The van der Waals surface area contributed by atoms with Gasteiger partial charge in [-0.3, -0.25) is 4.90 Å². The number of nitrogens with two attached hydrogens (primary N) is 1. The molecule has 4 heteroatoms. The number of hydrogen-bond acceptors (Lipinski definition) is 3. The summed E-state index contributed by atoms with van der Waals surface area (Å²) < 4.78 is 5.28. The smallest absolute Gasteiger partial charge is 0.119 e. The zero-order valence-electron chi connectivity index (χ0n) is 13.3. The maximum absolute atomic E-state index is 6.10. The van der Waals surface area contributed by atoms with Crippen molar-refractivity contribution >= 4 is 23.2 Å². The Morgan fingerprint density at radius 1 is 1.18 bits per heavy atom. The van der Waals surface area contributed by atoms with E-state index >= 15 is 0 Å². The number of ether oxygens (including phenoxy) is 1. The van der Waals surface area contributed by atoms with Crippen LogP contribution in [0.2, 0.25) is 0 Å². The van der Waals surface area contributed by atoms with Crippen molar-refractivity contribution in [1.82, 2.24) is 4.90 Å². The fraction of sp³-hybridized carbons (Fsp3) is 0.444. The molecule has 1 aliphatic heterocycles. The highest BCUT2D eigenvalue weighted by Crippen LogP contribution is 2.23. The number of methoxy groups -OCH3 is 1. The Balaban J connectivity index is 0.00000176. The molecule has 2 aromatic carbocycles. The third-order valence-corrected chi connectivity index (χ3v) is 4.57. The summed E-state index contributed by atoms with van der Waals surface area (Å²) in [6.45, 7) is 5.47. The molecule has 0 bridgehead atoms. The van der Waals surface area contributed by atoms with Crippen molar-refractivity contribution < 1.29 is 4.74 Å². The largest absolute Gasteiger partial charge is 0.497 e. The number of piperidine rings is 1. The fourth-order valence-electron chi connectivity index (χ4n) is 3.15. The maximum atomic E-state index is 6.10. The number of halogens is 1. The number of rotatable bonds is 3. The van der Waals surface area contributed by atoms with Crippen molar-refractivity contribution in [1.29, 1.82) is 0 Å². The normalized spacial score (nSPS) is 22.3. The minimum absolute atomic E-state index is 0.